The van der Waals surface area contributed by atoms with Crippen LogP contribution in [0.4, 0.5) is 11.5 Å². The zero-order valence-electron chi connectivity index (χ0n) is 13.2. The summed E-state index contributed by atoms with van der Waals surface area (Å²) in [4.78, 5) is 30.0. The van der Waals surface area contributed by atoms with E-state index in [2.05, 4.69) is 15.6 Å². The predicted octanol–water partition coefficient (Wildman–Crippen LogP) is 2.23. The zero-order valence-corrected chi connectivity index (χ0v) is 13.9. The summed E-state index contributed by atoms with van der Waals surface area (Å²) >= 11 is 6.05. The normalized spacial score (nSPS) is 14.2. The van der Waals surface area contributed by atoms with Crippen LogP contribution >= 0.6 is 11.6 Å². The van der Waals surface area contributed by atoms with Gasteiger partial charge in [0, 0.05) is 23.7 Å². The van der Waals surface area contributed by atoms with E-state index in [0.717, 1.165) is 5.56 Å². The number of hydrogen-bond acceptors (Lipinski definition) is 4. The number of rotatable bonds is 3. The average molecular weight is 345 g/mol. The number of carbonyl (C=O) groups is 2. The van der Waals surface area contributed by atoms with Crippen molar-refractivity contribution in [3.8, 4) is 0 Å². The summed E-state index contributed by atoms with van der Waals surface area (Å²) in [5.74, 6) is 0.459. The molecular formula is C17H17ClN4O2. The molecule has 1 aliphatic rings. The first-order valence-corrected chi connectivity index (χ1v) is 7.96. The molecule has 124 valence electrons. The van der Waals surface area contributed by atoms with Crippen LogP contribution in [0.5, 0.6) is 0 Å². The van der Waals surface area contributed by atoms with Gasteiger partial charge in [0.25, 0.3) is 5.91 Å². The van der Waals surface area contributed by atoms with Gasteiger partial charge in [-0.15, -0.1) is 0 Å². The lowest BCUT2D eigenvalue weighted by Crippen LogP contribution is -2.48. The van der Waals surface area contributed by atoms with Gasteiger partial charge in [-0.05, 0) is 36.8 Å². The monoisotopic (exact) mass is 344 g/mol. The molecule has 6 nitrogen and oxygen atoms in total. The molecule has 2 amide bonds. The Kier molecular flexibility index (Phi) is 4.66. The van der Waals surface area contributed by atoms with Gasteiger partial charge in [-0.3, -0.25) is 9.59 Å². The van der Waals surface area contributed by atoms with E-state index in [1.807, 2.05) is 4.90 Å². The van der Waals surface area contributed by atoms with Crippen LogP contribution in [0.2, 0.25) is 5.02 Å². The topological polar surface area (TPSA) is 74.3 Å². The van der Waals surface area contributed by atoms with E-state index in [9.17, 15) is 9.59 Å². The van der Waals surface area contributed by atoms with E-state index in [1.165, 1.54) is 0 Å². The fourth-order valence-corrected chi connectivity index (χ4v) is 2.71. The molecule has 1 fully saturated rings. The van der Waals surface area contributed by atoms with Crippen molar-refractivity contribution < 1.29 is 9.59 Å². The van der Waals surface area contributed by atoms with Gasteiger partial charge in [0.1, 0.15) is 5.82 Å². The molecule has 7 heteroatoms. The fourth-order valence-electron chi connectivity index (χ4n) is 2.53. The second kappa shape index (κ2) is 6.88. The molecule has 0 bridgehead atoms. The Morgan fingerprint density at radius 3 is 2.88 bits per heavy atom. The van der Waals surface area contributed by atoms with Crippen molar-refractivity contribution in [2.24, 2.45) is 0 Å². The summed E-state index contributed by atoms with van der Waals surface area (Å²) in [6, 6.07) is 8.78. The lowest BCUT2D eigenvalue weighted by Gasteiger charge is -2.27. The maximum atomic E-state index is 12.4. The van der Waals surface area contributed by atoms with E-state index in [0.29, 0.717) is 41.7 Å². The number of pyridine rings is 1. The minimum atomic E-state index is -0.234. The smallest absolute Gasteiger partial charge is 0.256 e. The molecular weight excluding hydrogens is 328 g/mol. The molecule has 3 rings (SSSR count). The maximum absolute atomic E-state index is 12.4. The highest BCUT2D eigenvalue weighted by Crippen LogP contribution is 2.20. The number of halogens is 1. The van der Waals surface area contributed by atoms with Crippen LogP contribution in [0.25, 0.3) is 0 Å². The number of piperazine rings is 1. The minimum absolute atomic E-state index is 0.0168. The maximum Gasteiger partial charge on any atom is 0.256 e. The van der Waals surface area contributed by atoms with Crippen molar-refractivity contribution in [1.82, 2.24) is 10.3 Å². The number of amides is 2. The standard InChI is InChI=1S/C17H17ClN4O2/c1-11-13(3-2-4-14(11)18)17(24)21-12-5-6-15(20-9-12)22-8-7-19-16(23)10-22/h2-6,9H,7-8,10H2,1H3,(H,19,23)(H,21,24). The third kappa shape index (κ3) is 3.49. The van der Waals surface area contributed by atoms with Gasteiger partial charge < -0.3 is 15.5 Å². The molecule has 1 saturated heterocycles. The largest absolute Gasteiger partial charge is 0.353 e. The molecule has 2 heterocycles. The molecule has 24 heavy (non-hydrogen) atoms. The van der Waals surface area contributed by atoms with E-state index in [-0.39, 0.29) is 11.8 Å². The molecule has 0 aliphatic carbocycles. The molecule has 0 unspecified atom stereocenters. The van der Waals surface area contributed by atoms with Crippen molar-refractivity contribution in [3.63, 3.8) is 0 Å². The summed E-state index contributed by atoms with van der Waals surface area (Å²) in [5, 5.41) is 6.13. The predicted molar refractivity (Wildman–Crippen MR) is 93.6 cm³/mol. The number of hydrogen-bond donors (Lipinski definition) is 2. The molecule has 1 aromatic carbocycles. The molecule has 2 aromatic rings. The highest BCUT2D eigenvalue weighted by molar-refractivity contribution is 6.32. The Bertz CT molecular complexity index is 777. The Morgan fingerprint density at radius 2 is 2.17 bits per heavy atom. The Balaban J connectivity index is 1.71. The van der Waals surface area contributed by atoms with Crippen molar-refractivity contribution in [3.05, 3.63) is 52.7 Å². The van der Waals surface area contributed by atoms with E-state index < -0.39 is 0 Å². The minimum Gasteiger partial charge on any atom is -0.353 e. The van der Waals surface area contributed by atoms with Crippen LogP contribution in [0.1, 0.15) is 15.9 Å². The number of carbonyl (C=O) groups excluding carboxylic acids is 2. The van der Waals surface area contributed by atoms with E-state index >= 15 is 0 Å². The Morgan fingerprint density at radius 1 is 1.33 bits per heavy atom. The van der Waals surface area contributed by atoms with Gasteiger partial charge in [0.05, 0.1) is 18.4 Å². The Labute approximate surface area is 144 Å². The number of benzene rings is 1. The van der Waals surface area contributed by atoms with Gasteiger partial charge in [-0.1, -0.05) is 17.7 Å². The number of aromatic nitrogens is 1. The summed E-state index contributed by atoms with van der Waals surface area (Å²) < 4.78 is 0. The van der Waals surface area contributed by atoms with Crippen molar-refractivity contribution in [1.29, 1.82) is 0 Å². The van der Waals surface area contributed by atoms with Crippen molar-refractivity contribution in [2.45, 2.75) is 6.92 Å². The highest BCUT2D eigenvalue weighted by atomic mass is 35.5. The SMILES string of the molecule is Cc1c(Cl)cccc1C(=O)Nc1ccc(N2CCNC(=O)C2)nc1. The highest BCUT2D eigenvalue weighted by Gasteiger charge is 2.17. The van der Waals surface area contributed by atoms with Crippen molar-refractivity contribution >= 4 is 34.9 Å². The molecule has 2 N–H and O–H groups in total. The lowest BCUT2D eigenvalue weighted by molar-refractivity contribution is -0.120. The van der Waals surface area contributed by atoms with E-state index in [1.54, 1.807) is 43.5 Å². The number of nitrogens with one attached hydrogen (secondary N) is 2. The number of anilines is 2. The zero-order chi connectivity index (χ0) is 17.1. The van der Waals surface area contributed by atoms with Gasteiger partial charge >= 0.3 is 0 Å². The second-order valence-electron chi connectivity index (χ2n) is 5.54. The fraction of sp³-hybridized carbons (Fsp3) is 0.235. The first-order chi connectivity index (χ1) is 11.5. The summed E-state index contributed by atoms with van der Waals surface area (Å²) in [7, 11) is 0. The quantitative estimate of drug-likeness (QED) is 0.895. The van der Waals surface area contributed by atoms with Gasteiger partial charge in [0.15, 0.2) is 0 Å². The van der Waals surface area contributed by atoms with Crippen LogP contribution in [0, 0.1) is 6.92 Å². The molecule has 0 spiro atoms. The number of nitrogens with zero attached hydrogens (tertiary/aromatic N) is 2. The van der Waals surface area contributed by atoms with Gasteiger partial charge in [0.2, 0.25) is 5.91 Å². The van der Waals surface area contributed by atoms with Crippen LogP contribution in [0.3, 0.4) is 0 Å². The third-order valence-corrected chi connectivity index (χ3v) is 4.29. The lowest BCUT2D eigenvalue weighted by atomic mass is 10.1. The van der Waals surface area contributed by atoms with Crippen LogP contribution < -0.4 is 15.5 Å². The first-order valence-electron chi connectivity index (χ1n) is 7.59. The molecule has 0 radical (unpaired) electrons. The van der Waals surface area contributed by atoms with Gasteiger partial charge in [-0.25, -0.2) is 4.98 Å². The van der Waals surface area contributed by atoms with Gasteiger partial charge in [-0.2, -0.15) is 0 Å². The van der Waals surface area contributed by atoms with Crippen LogP contribution in [-0.2, 0) is 4.79 Å². The third-order valence-electron chi connectivity index (χ3n) is 3.88. The van der Waals surface area contributed by atoms with Crippen molar-refractivity contribution in [2.75, 3.05) is 29.9 Å². The van der Waals surface area contributed by atoms with Crippen LogP contribution in [-0.4, -0.2) is 36.4 Å². The molecule has 1 aromatic heterocycles. The summed E-state index contributed by atoms with van der Waals surface area (Å²) in [6.45, 7) is 3.42. The Hall–Kier alpha value is -2.60. The molecule has 0 atom stereocenters. The van der Waals surface area contributed by atoms with E-state index in [4.69, 9.17) is 11.6 Å². The first kappa shape index (κ1) is 16.3. The molecule has 1 aliphatic heterocycles. The summed E-state index contributed by atoms with van der Waals surface area (Å²) in [5.41, 5.74) is 1.85. The average Bonchev–Trinajstić information content (AvgIpc) is 2.58. The molecule has 0 saturated carbocycles. The summed E-state index contributed by atoms with van der Waals surface area (Å²) in [6.07, 6.45) is 1.58. The van der Waals surface area contributed by atoms with Crippen LogP contribution in [0.15, 0.2) is 36.5 Å². The second-order valence-corrected chi connectivity index (χ2v) is 5.95.